The highest BCUT2D eigenvalue weighted by atomic mass is 35.5. The van der Waals surface area contributed by atoms with E-state index in [2.05, 4.69) is 15.5 Å². The van der Waals surface area contributed by atoms with Crippen LogP contribution >= 0.6 is 22.9 Å². The summed E-state index contributed by atoms with van der Waals surface area (Å²) in [5.74, 6) is 0.529. The van der Waals surface area contributed by atoms with Gasteiger partial charge in [-0.1, -0.05) is 41.7 Å². The van der Waals surface area contributed by atoms with Gasteiger partial charge in [-0.3, -0.25) is 4.79 Å². The molecule has 1 amide bonds. The van der Waals surface area contributed by atoms with Crippen LogP contribution in [0.1, 0.15) is 17.0 Å². The molecule has 0 bridgehead atoms. The van der Waals surface area contributed by atoms with Crippen LogP contribution in [-0.4, -0.2) is 22.0 Å². The molecule has 2 rings (SSSR count). The summed E-state index contributed by atoms with van der Waals surface area (Å²) in [7, 11) is 0. The smallest absolute Gasteiger partial charge is 0.230 e. The highest BCUT2D eigenvalue weighted by Gasteiger charge is 2.08. The van der Waals surface area contributed by atoms with Crippen LogP contribution in [0.4, 0.5) is 5.13 Å². The van der Waals surface area contributed by atoms with Gasteiger partial charge in [0.1, 0.15) is 5.01 Å². The Labute approximate surface area is 120 Å². The average Bonchev–Trinajstić information content (AvgIpc) is 2.85. The summed E-state index contributed by atoms with van der Waals surface area (Å²) in [5.41, 5.74) is 0.979. The fourth-order valence-corrected chi connectivity index (χ4v) is 2.50. The maximum atomic E-state index is 11.8. The summed E-state index contributed by atoms with van der Waals surface area (Å²) in [4.78, 5) is 11.8. The first-order valence-electron chi connectivity index (χ1n) is 6.00. The zero-order valence-electron chi connectivity index (χ0n) is 10.3. The van der Waals surface area contributed by atoms with Crippen molar-refractivity contribution in [2.45, 2.75) is 19.3 Å². The number of halogens is 1. The lowest BCUT2D eigenvalue weighted by Gasteiger charge is -2.00. The maximum Gasteiger partial charge on any atom is 0.230 e. The standard InChI is InChI=1S/C13H14ClN3OS/c14-8-4-7-12-16-17-13(19-12)15-11(18)9-10-5-2-1-3-6-10/h1-3,5-6H,4,7-9H2,(H,15,17,18). The molecule has 0 atom stereocenters. The SMILES string of the molecule is O=C(Cc1ccccc1)Nc1nnc(CCCCl)s1. The number of rotatable bonds is 6. The second kappa shape index (κ2) is 7.21. The minimum atomic E-state index is -0.0776. The lowest BCUT2D eigenvalue weighted by atomic mass is 10.1. The summed E-state index contributed by atoms with van der Waals surface area (Å²) >= 11 is 7.02. The van der Waals surface area contributed by atoms with Crippen LogP contribution in [0.15, 0.2) is 30.3 Å². The zero-order chi connectivity index (χ0) is 13.5. The van der Waals surface area contributed by atoms with E-state index in [-0.39, 0.29) is 5.91 Å². The predicted octanol–water partition coefficient (Wildman–Crippen LogP) is 2.89. The number of nitrogens with zero attached hydrogens (tertiary/aromatic N) is 2. The van der Waals surface area contributed by atoms with Crippen molar-refractivity contribution in [3.63, 3.8) is 0 Å². The molecular formula is C13H14ClN3OS. The number of aromatic nitrogens is 2. The molecule has 0 fully saturated rings. The molecule has 0 aliphatic rings. The van der Waals surface area contributed by atoms with Crippen molar-refractivity contribution < 1.29 is 4.79 Å². The second-order valence-corrected chi connectivity index (χ2v) is 5.44. The third-order valence-corrected chi connectivity index (χ3v) is 3.61. The third kappa shape index (κ3) is 4.61. The molecule has 1 aromatic carbocycles. The molecule has 0 spiro atoms. The maximum absolute atomic E-state index is 11.8. The minimum absolute atomic E-state index is 0.0776. The van der Waals surface area contributed by atoms with Crippen LogP contribution in [0.2, 0.25) is 0 Å². The Morgan fingerprint density at radius 2 is 2.05 bits per heavy atom. The summed E-state index contributed by atoms with van der Waals surface area (Å²) < 4.78 is 0. The van der Waals surface area contributed by atoms with E-state index < -0.39 is 0 Å². The van der Waals surface area contributed by atoms with Crippen LogP contribution < -0.4 is 5.32 Å². The van der Waals surface area contributed by atoms with E-state index in [0.717, 1.165) is 23.4 Å². The molecule has 1 N–H and O–H groups in total. The quantitative estimate of drug-likeness (QED) is 0.834. The van der Waals surface area contributed by atoms with Gasteiger partial charge in [-0.15, -0.1) is 21.8 Å². The number of hydrogen-bond donors (Lipinski definition) is 1. The van der Waals surface area contributed by atoms with Gasteiger partial charge in [0.25, 0.3) is 0 Å². The molecule has 0 saturated heterocycles. The number of amides is 1. The van der Waals surface area contributed by atoms with Crippen molar-refractivity contribution in [2.24, 2.45) is 0 Å². The Hall–Kier alpha value is -1.46. The number of carbonyl (C=O) groups is 1. The van der Waals surface area contributed by atoms with Gasteiger partial charge >= 0.3 is 0 Å². The number of hydrogen-bond acceptors (Lipinski definition) is 4. The van der Waals surface area contributed by atoms with Crippen LogP contribution in [0.25, 0.3) is 0 Å². The van der Waals surface area contributed by atoms with E-state index in [1.165, 1.54) is 11.3 Å². The van der Waals surface area contributed by atoms with Gasteiger partial charge in [0.05, 0.1) is 6.42 Å². The molecule has 0 aliphatic carbocycles. The van der Waals surface area contributed by atoms with Gasteiger partial charge in [-0.05, 0) is 12.0 Å². The van der Waals surface area contributed by atoms with Gasteiger partial charge in [0, 0.05) is 12.3 Å². The number of nitrogens with one attached hydrogen (secondary N) is 1. The third-order valence-electron chi connectivity index (χ3n) is 2.44. The van der Waals surface area contributed by atoms with Crippen molar-refractivity contribution in [2.75, 3.05) is 11.2 Å². The Balaban J connectivity index is 1.86. The first-order valence-corrected chi connectivity index (χ1v) is 7.35. The fourth-order valence-electron chi connectivity index (χ4n) is 1.57. The molecule has 0 aliphatic heterocycles. The molecule has 0 saturated carbocycles. The molecule has 1 heterocycles. The van der Waals surface area contributed by atoms with Gasteiger partial charge < -0.3 is 5.32 Å². The second-order valence-electron chi connectivity index (χ2n) is 4.00. The van der Waals surface area contributed by atoms with E-state index in [1.54, 1.807) is 0 Å². The highest BCUT2D eigenvalue weighted by Crippen LogP contribution is 2.17. The van der Waals surface area contributed by atoms with Crippen molar-refractivity contribution >= 4 is 34.0 Å². The Kier molecular flexibility index (Phi) is 5.30. The molecule has 0 unspecified atom stereocenters. The first kappa shape index (κ1) is 14.0. The molecule has 0 radical (unpaired) electrons. The molecule has 6 heteroatoms. The summed E-state index contributed by atoms with van der Waals surface area (Å²) in [6.07, 6.45) is 2.02. The number of benzene rings is 1. The van der Waals surface area contributed by atoms with Crippen molar-refractivity contribution in [1.29, 1.82) is 0 Å². The summed E-state index contributed by atoms with van der Waals surface area (Å²) in [6.45, 7) is 0. The number of aryl methyl sites for hydroxylation is 1. The molecule has 19 heavy (non-hydrogen) atoms. The van der Waals surface area contributed by atoms with Crippen LogP contribution in [0.5, 0.6) is 0 Å². The molecule has 100 valence electrons. The van der Waals surface area contributed by atoms with E-state index in [0.29, 0.717) is 17.4 Å². The van der Waals surface area contributed by atoms with Crippen molar-refractivity contribution in [3.05, 3.63) is 40.9 Å². The van der Waals surface area contributed by atoms with Gasteiger partial charge in [-0.2, -0.15) is 0 Å². The zero-order valence-corrected chi connectivity index (χ0v) is 11.9. The van der Waals surface area contributed by atoms with Crippen molar-refractivity contribution in [3.8, 4) is 0 Å². The fraction of sp³-hybridized carbons (Fsp3) is 0.308. The average molecular weight is 296 g/mol. The Bertz CT molecular complexity index is 530. The van der Waals surface area contributed by atoms with E-state index in [1.807, 2.05) is 30.3 Å². The summed E-state index contributed by atoms with van der Waals surface area (Å²) in [5, 5.41) is 12.2. The first-order chi connectivity index (χ1) is 9.28. The van der Waals surface area contributed by atoms with Crippen molar-refractivity contribution in [1.82, 2.24) is 10.2 Å². The molecule has 2 aromatic rings. The Morgan fingerprint density at radius 1 is 1.26 bits per heavy atom. The minimum Gasteiger partial charge on any atom is -0.300 e. The lowest BCUT2D eigenvalue weighted by Crippen LogP contribution is -2.14. The van der Waals surface area contributed by atoms with Crippen LogP contribution in [0.3, 0.4) is 0 Å². The van der Waals surface area contributed by atoms with Crippen LogP contribution in [-0.2, 0) is 17.6 Å². The molecular weight excluding hydrogens is 282 g/mol. The number of carbonyl (C=O) groups excluding carboxylic acids is 1. The van der Waals surface area contributed by atoms with Gasteiger partial charge in [-0.25, -0.2) is 0 Å². The topological polar surface area (TPSA) is 54.9 Å². The highest BCUT2D eigenvalue weighted by molar-refractivity contribution is 7.15. The predicted molar refractivity (Wildman–Crippen MR) is 77.7 cm³/mol. The number of anilines is 1. The number of alkyl halides is 1. The summed E-state index contributed by atoms with van der Waals surface area (Å²) in [6, 6.07) is 9.60. The molecule has 1 aromatic heterocycles. The van der Waals surface area contributed by atoms with E-state index in [4.69, 9.17) is 11.6 Å². The Morgan fingerprint density at radius 3 is 2.79 bits per heavy atom. The van der Waals surface area contributed by atoms with Crippen LogP contribution in [0, 0.1) is 0 Å². The van der Waals surface area contributed by atoms with E-state index in [9.17, 15) is 4.79 Å². The van der Waals surface area contributed by atoms with E-state index >= 15 is 0 Å². The van der Waals surface area contributed by atoms with Gasteiger partial charge in [0.15, 0.2) is 0 Å². The largest absolute Gasteiger partial charge is 0.300 e. The normalized spacial score (nSPS) is 10.4. The lowest BCUT2D eigenvalue weighted by molar-refractivity contribution is -0.115. The molecule has 4 nitrogen and oxygen atoms in total. The van der Waals surface area contributed by atoms with Gasteiger partial charge in [0.2, 0.25) is 11.0 Å². The monoisotopic (exact) mass is 295 g/mol.